The highest BCUT2D eigenvalue weighted by atomic mass is 16.2. The van der Waals surface area contributed by atoms with Crippen molar-refractivity contribution in [1.82, 2.24) is 15.1 Å². The van der Waals surface area contributed by atoms with Crippen molar-refractivity contribution >= 4 is 5.91 Å². The maximum Gasteiger partial charge on any atom is 0.225 e. The van der Waals surface area contributed by atoms with Gasteiger partial charge in [-0.2, -0.15) is 0 Å². The molecule has 3 aliphatic rings. The number of nitrogens with zero attached hydrogens (tertiary/aromatic N) is 2. The Morgan fingerprint density at radius 1 is 1.12 bits per heavy atom. The highest BCUT2D eigenvalue weighted by Crippen LogP contribution is 2.45. The molecule has 4 rings (SSSR count). The number of rotatable bonds is 2. The summed E-state index contributed by atoms with van der Waals surface area (Å²) >= 11 is 0. The molecule has 0 radical (unpaired) electrons. The Morgan fingerprint density at radius 3 is 2.62 bits per heavy atom. The van der Waals surface area contributed by atoms with Gasteiger partial charge in [-0.1, -0.05) is 24.3 Å². The number of hydrogen-bond acceptors (Lipinski definition) is 3. The van der Waals surface area contributed by atoms with E-state index in [0.717, 1.165) is 45.6 Å². The Kier molecular flexibility index (Phi) is 4.35. The minimum Gasteiger partial charge on any atom is -0.342 e. The first-order chi connectivity index (χ1) is 11.6. The second-order valence-corrected chi connectivity index (χ2v) is 7.93. The summed E-state index contributed by atoms with van der Waals surface area (Å²) in [6, 6.07) is 9.21. The van der Waals surface area contributed by atoms with Crippen LogP contribution in [0.1, 0.15) is 30.0 Å². The van der Waals surface area contributed by atoms with Crippen LogP contribution in [0.2, 0.25) is 0 Å². The number of carbonyl (C=O) groups excluding carboxylic acids is 1. The fourth-order valence-electron chi connectivity index (χ4n) is 5.15. The summed E-state index contributed by atoms with van der Waals surface area (Å²) in [4.78, 5) is 17.6. The third kappa shape index (κ3) is 2.76. The number of nitrogens with one attached hydrogen (secondary N) is 1. The van der Waals surface area contributed by atoms with Gasteiger partial charge in [0.2, 0.25) is 5.91 Å². The number of piperidine rings is 1. The molecule has 4 heteroatoms. The van der Waals surface area contributed by atoms with Gasteiger partial charge < -0.3 is 10.2 Å². The largest absolute Gasteiger partial charge is 0.342 e. The van der Waals surface area contributed by atoms with E-state index in [1.165, 1.54) is 11.1 Å². The van der Waals surface area contributed by atoms with E-state index in [-0.39, 0.29) is 5.92 Å². The van der Waals surface area contributed by atoms with Crippen molar-refractivity contribution in [2.75, 3.05) is 39.8 Å². The minimum absolute atomic E-state index is 0.250. The van der Waals surface area contributed by atoms with E-state index in [0.29, 0.717) is 23.8 Å². The van der Waals surface area contributed by atoms with Crippen molar-refractivity contribution in [2.45, 2.75) is 25.8 Å². The topological polar surface area (TPSA) is 35.6 Å². The molecule has 3 fully saturated rings. The SMILES string of the molecule is Cc1ccccc1[C@H]1[C@@H]2CN(C(=O)C3CCNCC3)C[C@@H]2CN1C. The molecule has 130 valence electrons. The Hall–Kier alpha value is -1.39. The van der Waals surface area contributed by atoms with Crippen LogP contribution in [0.15, 0.2) is 24.3 Å². The highest BCUT2D eigenvalue weighted by molar-refractivity contribution is 5.79. The molecule has 3 saturated heterocycles. The van der Waals surface area contributed by atoms with Crippen molar-refractivity contribution in [3.8, 4) is 0 Å². The zero-order chi connectivity index (χ0) is 16.7. The van der Waals surface area contributed by atoms with Crippen molar-refractivity contribution in [1.29, 1.82) is 0 Å². The molecule has 1 aromatic carbocycles. The number of benzene rings is 1. The van der Waals surface area contributed by atoms with Crippen LogP contribution in [0.4, 0.5) is 0 Å². The van der Waals surface area contributed by atoms with Gasteiger partial charge in [0.05, 0.1) is 0 Å². The maximum atomic E-state index is 12.9. The van der Waals surface area contributed by atoms with Gasteiger partial charge in [0.15, 0.2) is 0 Å². The number of likely N-dealkylation sites (tertiary alicyclic amines) is 2. The first kappa shape index (κ1) is 16.1. The van der Waals surface area contributed by atoms with Crippen LogP contribution in [-0.2, 0) is 4.79 Å². The van der Waals surface area contributed by atoms with Crippen molar-refractivity contribution in [2.24, 2.45) is 17.8 Å². The van der Waals surface area contributed by atoms with Gasteiger partial charge in [0.25, 0.3) is 0 Å². The molecule has 1 N–H and O–H groups in total. The summed E-state index contributed by atoms with van der Waals surface area (Å²) in [5, 5.41) is 3.36. The number of fused-ring (bicyclic) bond motifs is 1. The Morgan fingerprint density at radius 2 is 1.88 bits per heavy atom. The summed E-state index contributed by atoms with van der Waals surface area (Å²) in [6.07, 6.45) is 2.01. The lowest BCUT2D eigenvalue weighted by Crippen LogP contribution is -2.41. The molecule has 3 atom stereocenters. The lowest BCUT2D eigenvalue weighted by Gasteiger charge is -2.30. The Bertz CT molecular complexity index is 611. The maximum absolute atomic E-state index is 12.9. The van der Waals surface area contributed by atoms with Crippen LogP contribution in [0.3, 0.4) is 0 Å². The molecule has 1 amide bonds. The quantitative estimate of drug-likeness (QED) is 0.903. The molecule has 4 nitrogen and oxygen atoms in total. The lowest BCUT2D eigenvalue weighted by molar-refractivity contribution is -0.135. The van der Waals surface area contributed by atoms with Crippen LogP contribution in [0.25, 0.3) is 0 Å². The summed E-state index contributed by atoms with van der Waals surface area (Å²) in [7, 11) is 2.24. The van der Waals surface area contributed by atoms with Gasteiger partial charge in [-0.3, -0.25) is 9.69 Å². The third-order valence-corrected chi connectivity index (χ3v) is 6.40. The van der Waals surface area contributed by atoms with Gasteiger partial charge in [0.1, 0.15) is 0 Å². The predicted octanol–water partition coefficient (Wildman–Crippen LogP) is 2.06. The molecule has 0 spiro atoms. The molecule has 0 unspecified atom stereocenters. The first-order valence-corrected chi connectivity index (χ1v) is 9.40. The average Bonchev–Trinajstić information content (AvgIpc) is 3.12. The molecule has 24 heavy (non-hydrogen) atoms. The first-order valence-electron chi connectivity index (χ1n) is 9.40. The van der Waals surface area contributed by atoms with Gasteiger partial charge in [-0.25, -0.2) is 0 Å². The average molecular weight is 327 g/mol. The molecule has 0 bridgehead atoms. The van der Waals surface area contributed by atoms with E-state index >= 15 is 0 Å². The molecular formula is C20H29N3O. The van der Waals surface area contributed by atoms with Gasteiger partial charge in [-0.15, -0.1) is 0 Å². The second kappa shape index (κ2) is 6.49. The minimum atomic E-state index is 0.250. The van der Waals surface area contributed by atoms with Gasteiger partial charge in [-0.05, 0) is 56.9 Å². The van der Waals surface area contributed by atoms with E-state index < -0.39 is 0 Å². The molecule has 1 aromatic rings. The van der Waals surface area contributed by atoms with Crippen LogP contribution < -0.4 is 5.32 Å². The number of amides is 1. The molecular weight excluding hydrogens is 298 g/mol. The van der Waals surface area contributed by atoms with E-state index in [2.05, 4.69) is 53.4 Å². The van der Waals surface area contributed by atoms with Crippen LogP contribution in [-0.4, -0.2) is 55.5 Å². The third-order valence-electron chi connectivity index (χ3n) is 6.40. The summed E-state index contributed by atoms with van der Waals surface area (Å²) in [6.45, 7) is 7.21. The van der Waals surface area contributed by atoms with Crippen molar-refractivity contribution in [3.63, 3.8) is 0 Å². The van der Waals surface area contributed by atoms with Gasteiger partial charge in [0, 0.05) is 37.5 Å². The van der Waals surface area contributed by atoms with Crippen LogP contribution in [0, 0.1) is 24.7 Å². The van der Waals surface area contributed by atoms with E-state index in [1.807, 2.05) is 0 Å². The lowest BCUT2D eigenvalue weighted by atomic mass is 9.88. The second-order valence-electron chi connectivity index (χ2n) is 7.93. The number of carbonyl (C=O) groups is 1. The van der Waals surface area contributed by atoms with Crippen LogP contribution >= 0.6 is 0 Å². The fourth-order valence-corrected chi connectivity index (χ4v) is 5.15. The molecule has 0 saturated carbocycles. The molecule has 0 aliphatic carbocycles. The van der Waals surface area contributed by atoms with E-state index in [4.69, 9.17) is 0 Å². The predicted molar refractivity (Wildman–Crippen MR) is 95.7 cm³/mol. The number of aryl methyl sites for hydroxylation is 1. The molecule has 3 aliphatic heterocycles. The summed E-state index contributed by atoms with van der Waals surface area (Å²) in [5.74, 6) is 1.88. The fraction of sp³-hybridized carbons (Fsp3) is 0.650. The van der Waals surface area contributed by atoms with E-state index in [9.17, 15) is 4.79 Å². The van der Waals surface area contributed by atoms with E-state index in [1.54, 1.807) is 0 Å². The van der Waals surface area contributed by atoms with Gasteiger partial charge >= 0.3 is 0 Å². The molecule has 3 heterocycles. The Balaban J connectivity index is 1.51. The number of hydrogen-bond donors (Lipinski definition) is 1. The summed E-state index contributed by atoms with van der Waals surface area (Å²) < 4.78 is 0. The highest BCUT2D eigenvalue weighted by Gasteiger charge is 2.48. The zero-order valence-corrected chi connectivity index (χ0v) is 14.9. The smallest absolute Gasteiger partial charge is 0.225 e. The van der Waals surface area contributed by atoms with Crippen molar-refractivity contribution < 1.29 is 4.79 Å². The van der Waals surface area contributed by atoms with Crippen molar-refractivity contribution in [3.05, 3.63) is 35.4 Å². The normalized spacial score (nSPS) is 31.4. The monoisotopic (exact) mass is 327 g/mol. The molecule has 0 aromatic heterocycles. The zero-order valence-electron chi connectivity index (χ0n) is 14.9. The standard InChI is InChI=1S/C20H29N3O/c1-14-5-3-4-6-17(14)19-18-13-23(12-16(18)11-22(19)2)20(24)15-7-9-21-10-8-15/h3-6,15-16,18-19,21H,7-13H2,1-2H3/t16-,18+,19-/m0/s1. The van der Waals surface area contributed by atoms with Crippen LogP contribution in [0.5, 0.6) is 0 Å². The Labute approximate surface area is 145 Å². The summed E-state index contributed by atoms with van der Waals surface area (Å²) in [5.41, 5.74) is 2.82.